The fraction of sp³-hybridized carbons (Fsp3) is 0.381. The van der Waals surface area contributed by atoms with Crippen molar-refractivity contribution in [3.05, 3.63) is 59.7 Å². The first-order valence-electron chi connectivity index (χ1n) is 9.27. The lowest BCUT2D eigenvalue weighted by molar-refractivity contribution is 0.0428. The smallest absolute Gasteiger partial charge is 0.191 e. The number of guanidine groups is 1. The Kier molecular flexibility index (Phi) is 7.94. The number of fused-ring (bicyclic) bond motifs is 1. The molecule has 6 nitrogen and oxygen atoms in total. The molecule has 0 saturated heterocycles. The number of halogens is 1. The van der Waals surface area contributed by atoms with Crippen LogP contribution >= 0.6 is 24.0 Å². The molecule has 28 heavy (non-hydrogen) atoms. The summed E-state index contributed by atoms with van der Waals surface area (Å²) in [5.74, 6) is 2.86. The van der Waals surface area contributed by atoms with Crippen molar-refractivity contribution in [1.82, 2.24) is 10.6 Å². The highest BCUT2D eigenvalue weighted by molar-refractivity contribution is 14.0. The zero-order valence-corrected chi connectivity index (χ0v) is 18.8. The third-order valence-electron chi connectivity index (χ3n) is 4.30. The molecule has 0 bridgehead atoms. The number of nitrogens with one attached hydrogen (secondary N) is 2. The molecule has 0 aliphatic carbocycles. The summed E-state index contributed by atoms with van der Waals surface area (Å²) in [4.78, 5) is 4.50. The van der Waals surface area contributed by atoms with Gasteiger partial charge in [-0.15, -0.1) is 24.0 Å². The number of benzene rings is 1. The van der Waals surface area contributed by atoms with E-state index in [0.717, 1.165) is 35.5 Å². The highest BCUT2D eigenvalue weighted by atomic mass is 127. The maximum Gasteiger partial charge on any atom is 0.191 e. The minimum Gasteiger partial charge on any atom is -0.463 e. The van der Waals surface area contributed by atoms with Gasteiger partial charge in [-0.05, 0) is 45.0 Å². The molecule has 0 radical (unpaired) electrons. The summed E-state index contributed by atoms with van der Waals surface area (Å²) in [7, 11) is 0. The van der Waals surface area contributed by atoms with Gasteiger partial charge in [0.05, 0.1) is 6.54 Å². The van der Waals surface area contributed by atoms with Gasteiger partial charge >= 0.3 is 0 Å². The van der Waals surface area contributed by atoms with E-state index in [1.165, 1.54) is 0 Å². The van der Waals surface area contributed by atoms with Gasteiger partial charge in [0.15, 0.2) is 5.96 Å². The normalized spacial score (nSPS) is 13.8. The molecule has 0 aliphatic heterocycles. The minimum atomic E-state index is -1.16. The molecule has 0 fully saturated rings. The molecule has 7 heteroatoms. The Morgan fingerprint density at radius 1 is 1.14 bits per heavy atom. The molecule has 0 aliphatic rings. The van der Waals surface area contributed by atoms with Crippen LogP contribution in [0.5, 0.6) is 0 Å². The Morgan fingerprint density at radius 3 is 2.61 bits per heavy atom. The molecule has 1 atom stereocenters. The summed E-state index contributed by atoms with van der Waals surface area (Å²) >= 11 is 0. The van der Waals surface area contributed by atoms with Gasteiger partial charge in [0.2, 0.25) is 0 Å². The van der Waals surface area contributed by atoms with Crippen molar-refractivity contribution in [2.24, 2.45) is 4.99 Å². The number of hydrogen-bond donors (Lipinski definition) is 3. The molecule has 2 heterocycles. The molecular formula is C21H28IN3O3. The molecule has 2 aromatic heterocycles. The lowest BCUT2D eigenvalue weighted by Crippen LogP contribution is -2.39. The molecule has 0 spiro atoms. The van der Waals surface area contributed by atoms with Crippen molar-refractivity contribution in [2.45, 2.75) is 32.8 Å². The molecule has 3 N–H and O–H groups in total. The van der Waals surface area contributed by atoms with Crippen molar-refractivity contribution >= 4 is 40.9 Å². The molecule has 1 unspecified atom stereocenters. The van der Waals surface area contributed by atoms with Gasteiger partial charge in [-0.1, -0.05) is 18.2 Å². The number of rotatable bonds is 7. The molecule has 152 valence electrons. The first-order chi connectivity index (χ1) is 13.0. The summed E-state index contributed by atoms with van der Waals surface area (Å²) in [6.45, 7) is 7.16. The number of aryl methyl sites for hydroxylation is 1. The van der Waals surface area contributed by atoms with Crippen molar-refractivity contribution < 1.29 is 13.9 Å². The van der Waals surface area contributed by atoms with Crippen LogP contribution in [-0.4, -0.2) is 30.7 Å². The topological polar surface area (TPSA) is 82.9 Å². The maximum atomic E-state index is 10.6. The van der Waals surface area contributed by atoms with E-state index >= 15 is 0 Å². The van der Waals surface area contributed by atoms with Crippen LogP contribution in [0.3, 0.4) is 0 Å². The summed E-state index contributed by atoms with van der Waals surface area (Å²) in [5.41, 5.74) is -0.257. The van der Waals surface area contributed by atoms with Crippen molar-refractivity contribution in [1.29, 1.82) is 0 Å². The predicted molar refractivity (Wildman–Crippen MR) is 122 cm³/mol. The second-order valence-corrected chi connectivity index (χ2v) is 6.81. The average molecular weight is 497 g/mol. The van der Waals surface area contributed by atoms with Crippen LogP contribution < -0.4 is 10.6 Å². The zero-order chi connectivity index (χ0) is 19.3. The molecule has 0 amide bonds. The van der Waals surface area contributed by atoms with Crippen molar-refractivity contribution in [3.8, 4) is 0 Å². The van der Waals surface area contributed by atoms with Crippen LogP contribution in [0.2, 0.25) is 0 Å². The van der Waals surface area contributed by atoms with E-state index < -0.39 is 5.60 Å². The summed E-state index contributed by atoms with van der Waals surface area (Å²) in [5, 5.41) is 18.2. The fourth-order valence-electron chi connectivity index (χ4n) is 2.84. The lowest BCUT2D eigenvalue weighted by Gasteiger charge is -2.19. The van der Waals surface area contributed by atoms with E-state index in [2.05, 4.69) is 21.7 Å². The average Bonchev–Trinajstić information content (AvgIpc) is 3.26. The molecular weight excluding hydrogens is 469 g/mol. The Hall–Kier alpha value is -2.00. The summed E-state index contributed by atoms with van der Waals surface area (Å²) in [6.07, 6.45) is 0.743. The fourth-order valence-corrected chi connectivity index (χ4v) is 2.84. The summed E-state index contributed by atoms with van der Waals surface area (Å²) < 4.78 is 11.4. The van der Waals surface area contributed by atoms with Crippen molar-refractivity contribution in [2.75, 3.05) is 19.6 Å². The van der Waals surface area contributed by atoms with E-state index in [4.69, 9.17) is 8.83 Å². The summed E-state index contributed by atoms with van der Waals surface area (Å²) in [6, 6.07) is 13.7. The largest absolute Gasteiger partial charge is 0.463 e. The van der Waals surface area contributed by atoms with Crippen LogP contribution in [0.25, 0.3) is 11.0 Å². The maximum absolute atomic E-state index is 10.6. The van der Waals surface area contributed by atoms with Crippen LogP contribution in [0.15, 0.2) is 56.3 Å². The number of para-hydroxylation sites is 1. The van der Waals surface area contributed by atoms with Gasteiger partial charge in [-0.3, -0.25) is 0 Å². The lowest BCUT2D eigenvalue weighted by atomic mass is 10.0. The number of aliphatic imine (C=N–C) groups is 1. The molecule has 3 aromatic rings. The van der Waals surface area contributed by atoms with Crippen LogP contribution in [0.1, 0.15) is 31.1 Å². The number of aliphatic hydroxyl groups is 1. The first kappa shape index (κ1) is 22.3. The van der Waals surface area contributed by atoms with Gasteiger partial charge < -0.3 is 24.6 Å². The SMILES string of the molecule is CCNC(=NCC(C)(O)c1ccc(C)o1)NCCc1cc2ccccc2o1.I. The van der Waals surface area contributed by atoms with Gasteiger partial charge in [-0.25, -0.2) is 4.99 Å². The number of nitrogens with zero attached hydrogens (tertiary/aromatic N) is 1. The monoisotopic (exact) mass is 497 g/mol. The minimum absolute atomic E-state index is 0. The highest BCUT2D eigenvalue weighted by Gasteiger charge is 2.26. The second kappa shape index (κ2) is 9.97. The zero-order valence-electron chi connectivity index (χ0n) is 16.5. The first-order valence-corrected chi connectivity index (χ1v) is 9.27. The third kappa shape index (κ3) is 5.75. The van der Waals surface area contributed by atoms with E-state index in [1.54, 1.807) is 13.0 Å². The number of hydrogen-bond acceptors (Lipinski definition) is 4. The predicted octanol–water partition coefficient (Wildman–Crippen LogP) is 3.96. The quantitative estimate of drug-likeness (QED) is 0.262. The standard InChI is InChI=1S/C21H27N3O3.HI/c1-4-22-20(24-14-21(3,25)19-10-9-15(2)26-19)23-12-11-17-13-16-7-5-6-8-18(16)27-17;/h5-10,13,25H,4,11-12,14H2,1-3H3,(H2,22,23,24);1H. The molecule has 1 aromatic carbocycles. The van der Waals surface area contributed by atoms with Crippen LogP contribution in [0.4, 0.5) is 0 Å². The van der Waals surface area contributed by atoms with E-state index in [-0.39, 0.29) is 30.5 Å². The molecule has 0 saturated carbocycles. The van der Waals surface area contributed by atoms with E-state index in [9.17, 15) is 5.11 Å². The Bertz CT molecular complexity index is 881. The molecule has 3 rings (SSSR count). The Morgan fingerprint density at radius 2 is 1.93 bits per heavy atom. The van der Waals surface area contributed by atoms with Crippen molar-refractivity contribution in [3.63, 3.8) is 0 Å². The number of furan rings is 2. The van der Waals surface area contributed by atoms with Crippen LogP contribution in [0, 0.1) is 6.92 Å². The second-order valence-electron chi connectivity index (χ2n) is 6.81. The third-order valence-corrected chi connectivity index (χ3v) is 4.30. The highest BCUT2D eigenvalue weighted by Crippen LogP contribution is 2.23. The van der Waals surface area contributed by atoms with Gasteiger partial charge in [0.1, 0.15) is 28.5 Å². The van der Waals surface area contributed by atoms with E-state index in [1.807, 2.05) is 44.2 Å². The van der Waals surface area contributed by atoms with Crippen LogP contribution in [-0.2, 0) is 12.0 Å². The van der Waals surface area contributed by atoms with Gasteiger partial charge in [0.25, 0.3) is 0 Å². The van der Waals surface area contributed by atoms with E-state index in [0.29, 0.717) is 18.3 Å². The van der Waals surface area contributed by atoms with Gasteiger partial charge in [-0.2, -0.15) is 0 Å². The Balaban J connectivity index is 0.00000280. The van der Waals surface area contributed by atoms with Gasteiger partial charge in [0, 0.05) is 24.9 Å². The Labute approximate surface area is 182 Å².